The van der Waals surface area contributed by atoms with Gasteiger partial charge < -0.3 is 4.98 Å². The first-order valence-electron chi connectivity index (χ1n) is 11.5. The van der Waals surface area contributed by atoms with Gasteiger partial charge in [-0.05, 0) is 103 Å². The predicted molar refractivity (Wildman–Crippen MR) is 117 cm³/mol. The molecule has 29 heavy (non-hydrogen) atoms. The molecule has 0 amide bonds. The highest BCUT2D eigenvalue weighted by Gasteiger charge is 2.47. The van der Waals surface area contributed by atoms with Gasteiger partial charge in [0.15, 0.2) is 0 Å². The van der Waals surface area contributed by atoms with Crippen LogP contribution < -0.4 is 0 Å². The summed E-state index contributed by atoms with van der Waals surface area (Å²) in [4.78, 5) is 8.37. The maximum absolute atomic E-state index is 4.74. The second-order valence-corrected chi connectivity index (χ2v) is 10.2. The van der Waals surface area contributed by atoms with Gasteiger partial charge in [0.05, 0.1) is 11.9 Å². The van der Waals surface area contributed by atoms with Crippen LogP contribution in [0.3, 0.4) is 0 Å². The van der Waals surface area contributed by atoms with Crippen molar-refractivity contribution in [1.82, 2.24) is 9.97 Å². The Morgan fingerprint density at radius 3 is 2.41 bits per heavy atom. The van der Waals surface area contributed by atoms with Gasteiger partial charge in [-0.2, -0.15) is 0 Å². The SMILES string of the molecule is Cc1ccc(-c2ccc(-c3cnc(C4CC5CC5C4)[nH]3)cc2)c2c1CC1CCC21. The molecule has 3 aromatic rings. The van der Waals surface area contributed by atoms with E-state index in [1.54, 1.807) is 11.1 Å². The van der Waals surface area contributed by atoms with Crippen LogP contribution in [0.15, 0.2) is 42.6 Å². The van der Waals surface area contributed by atoms with Crippen molar-refractivity contribution in [2.75, 3.05) is 0 Å². The zero-order valence-electron chi connectivity index (χ0n) is 17.1. The number of imidazole rings is 1. The molecule has 2 nitrogen and oxygen atoms in total. The molecule has 0 saturated heterocycles. The Kier molecular flexibility index (Phi) is 3.31. The van der Waals surface area contributed by atoms with Crippen molar-refractivity contribution >= 4 is 0 Å². The van der Waals surface area contributed by atoms with E-state index in [9.17, 15) is 0 Å². The average Bonchev–Trinajstić information content (AvgIpc) is 3.09. The van der Waals surface area contributed by atoms with Crippen LogP contribution in [0.4, 0.5) is 0 Å². The number of nitrogens with one attached hydrogen (secondary N) is 1. The zero-order chi connectivity index (χ0) is 19.1. The van der Waals surface area contributed by atoms with E-state index in [1.807, 2.05) is 6.20 Å². The number of hydrogen-bond acceptors (Lipinski definition) is 1. The first kappa shape index (κ1) is 16.4. The van der Waals surface area contributed by atoms with Crippen LogP contribution in [-0.2, 0) is 6.42 Å². The van der Waals surface area contributed by atoms with Gasteiger partial charge in [-0.15, -0.1) is 0 Å². The minimum Gasteiger partial charge on any atom is -0.342 e. The highest BCUT2D eigenvalue weighted by atomic mass is 14.9. The van der Waals surface area contributed by atoms with Crippen LogP contribution in [-0.4, -0.2) is 9.97 Å². The molecular formula is C27H28N2. The van der Waals surface area contributed by atoms with Crippen molar-refractivity contribution in [3.05, 3.63) is 65.1 Å². The molecule has 0 radical (unpaired) electrons. The lowest BCUT2D eigenvalue weighted by atomic mass is 9.73. The highest BCUT2D eigenvalue weighted by molar-refractivity contribution is 5.74. The molecule has 3 saturated carbocycles. The van der Waals surface area contributed by atoms with Crippen LogP contribution in [0.25, 0.3) is 22.4 Å². The number of aryl methyl sites for hydroxylation is 1. The van der Waals surface area contributed by atoms with Crippen LogP contribution in [0.1, 0.15) is 66.5 Å². The Balaban J connectivity index is 1.19. The van der Waals surface area contributed by atoms with Crippen LogP contribution in [0.2, 0.25) is 0 Å². The molecule has 2 aromatic carbocycles. The summed E-state index contributed by atoms with van der Waals surface area (Å²) in [7, 11) is 0. The molecule has 4 aliphatic rings. The first-order valence-corrected chi connectivity index (χ1v) is 11.5. The number of hydrogen-bond donors (Lipinski definition) is 1. The molecule has 0 bridgehead atoms. The quantitative estimate of drug-likeness (QED) is 0.544. The number of nitrogens with zero attached hydrogens (tertiary/aromatic N) is 1. The van der Waals surface area contributed by atoms with E-state index in [-0.39, 0.29) is 0 Å². The zero-order valence-corrected chi connectivity index (χ0v) is 17.1. The van der Waals surface area contributed by atoms with Crippen molar-refractivity contribution in [2.45, 2.75) is 57.3 Å². The second-order valence-electron chi connectivity index (χ2n) is 10.2. The lowest BCUT2D eigenvalue weighted by Gasteiger charge is -2.31. The van der Waals surface area contributed by atoms with Crippen molar-refractivity contribution < 1.29 is 0 Å². The number of fused-ring (bicyclic) bond motifs is 4. The Morgan fingerprint density at radius 2 is 1.66 bits per heavy atom. The molecule has 1 aromatic heterocycles. The Morgan fingerprint density at radius 1 is 0.862 bits per heavy atom. The highest BCUT2D eigenvalue weighted by Crippen LogP contribution is 2.57. The number of rotatable bonds is 3. The monoisotopic (exact) mass is 380 g/mol. The third-order valence-electron chi connectivity index (χ3n) is 8.58. The summed E-state index contributed by atoms with van der Waals surface area (Å²) < 4.78 is 0. The predicted octanol–water partition coefficient (Wildman–Crippen LogP) is 6.62. The summed E-state index contributed by atoms with van der Waals surface area (Å²) >= 11 is 0. The fraction of sp³-hybridized carbons (Fsp3) is 0.444. The third kappa shape index (κ3) is 2.44. The molecule has 0 aliphatic heterocycles. The molecular weight excluding hydrogens is 352 g/mol. The number of benzene rings is 2. The molecule has 4 aliphatic carbocycles. The van der Waals surface area contributed by atoms with Crippen LogP contribution >= 0.6 is 0 Å². The largest absolute Gasteiger partial charge is 0.342 e. The molecule has 4 unspecified atom stereocenters. The summed E-state index contributed by atoms with van der Waals surface area (Å²) in [5.74, 6) is 5.60. The fourth-order valence-corrected chi connectivity index (χ4v) is 6.63. The molecule has 7 rings (SSSR count). The van der Waals surface area contributed by atoms with E-state index >= 15 is 0 Å². The molecule has 146 valence electrons. The van der Waals surface area contributed by atoms with Gasteiger partial charge in [0.25, 0.3) is 0 Å². The first-order chi connectivity index (χ1) is 14.2. The summed E-state index contributed by atoms with van der Waals surface area (Å²) in [6, 6.07) is 13.9. The maximum atomic E-state index is 4.74. The smallest absolute Gasteiger partial charge is 0.109 e. The van der Waals surface area contributed by atoms with Crippen LogP contribution in [0.5, 0.6) is 0 Å². The molecule has 0 spiro atoms. The van der Waals surface area contributed by atoms with Gasteiger partial charge in [0.2, 0.25) is 0 Å². The van der Waals surface area contributed by atoms with Gasteiger partial charge in [0.1, 0.15) is 5.82 Å². The maximum Gasteiger partial charge on any atom is 0.109 e. The lowest BCUT2D eigenvalue weighted by molar-refractivity contribution is 0.281. The van der Waals surface area contributed by atoms with Gasteiger partial charge in [0, 0.05) is 5.92 Å². The summed E-state index contributed by atoms with van der Waals surface area (Å²) in [6.45, 7) is 2.29. The van der Waals surface area contributed by atoms with Crippen molar-refractivity contribution in [3.8, 4) is 22.4 Å². The minimum atomic E-state index is 0.664. The van der Waals surface area contributed by atoms with E-state index in [1.165, 1.54) is 72.3 Å². The van der Waals surface area contributed by atoms with Gasteiger partial charge in [-0.25, -0.2) is 4.98 Å². The number of aromatic amines is 1. The minimum absolute atomic E-state index is 0.664. The Bertz CT molecular complexity index is 1100. The standard InChI is InChI=1S/C27H28N2/c1-15-2-8-22(26-23-9-7-18(23)13-24(15)26)16-3-5-17(6-4-16)25-14-28-27(29-25)21-11-19-10-20(19)12-21/h2-6,8,14,18-21,23H,7,9-13H2,1H3,(H,28,29). The van der Waals surface area contributed by atoms with E-state index in [0.717, 1.165) is 23.7 Å². The molecule has 1 heterocycles. The fourth-order valence-electron chi connectivity index (χ4n) is 6.63. The summed E-state index contributed by atoms with van der Waals surface area (Å²) in [6.07, 6.45) is 10.3. The molecule has 3 fully saturated rings. The van der Waals surface area contributed by atoms with Gasteiger partial charge in [-0.1, -0.05) is 36.4 Å². The van der Waals surface area contributed by atoms with Crippen molar-refractivity contribution in [2.24, 2.45) is 17.8 Å². The molecule has 2 heteroatoms. The number of H-pyrrole nitrogens is 1. The molecule has 1 N–H and O–H groups in total. The topological polar surface area (TPSA) is 28.7 Å². The van der Waals surface area contributed by atoms with E-state index in [0.29, 0.717) is 5.92 Å². The average molecular weight is 381 g/mol. The Hall–Kier alpha value is -2.35. The third-order valence-corrected chi connectivity index (χ3v) is 8.58. The lowest BCUT2D eigenvalue weighted by Crippen LogP contribution is -2.19. The Labute approximate surface area is 172 Å². The van der Waals surface area contributed by atoms with Crippen molar-refractivity contribution in [3.63, 3.8) is 0 Å². The van der Waals surface area contributed by atoms with E-state index in [2.05, 4.69) is 48.3 Å². The van der Waals surface area contributed by atoms with Gasteiger partial charge >= 0.3 is 0 Å². The molecule has 4 atom stereocenters. The van der Waals surface area contributed by atoms with Crippen LogP contribution in [0, 0.1) is 24.7 Å². The van der Waals surface area contributed by atoms with Gasteiger partial charge in [-0.3, -0.25) is 0 Å². The van der Waals surface area contributed by atoms with E-state index < -0.39 is 0 Å². The van der Waals surface area contributed by atoms with Crippen molar-refractivity contribution in [1.29, 1.82) is 0 Å². The summed E-state index contributed by atoms with van der Waals surface area (Å²) in [5, 5.41) is 0. The second kappa shape index (κ2) is 5.84. The van der Waals surface area contributed by atoms with E-state index in [4.69, 9.17) is 4.98 Å². The normalized spacial score (nSPS) is 31.1. The number of aromatic nitrogens is 2. The summed E-state index contributed by atoms with van der Waals surface area (Å²) in [5.41, 5.74) is 10.1.